The van der Waals surface area contributed by atoms with Gasteiger partial charge in [0.15, 0.2) is 0 Å². The number of para-hydroxylation sites is 1. The van der Waals surface area contributed by atoms with Crippen LogP contribution in [0.5, 0.6) is 0 Å². The zero-order chi connectivity index (χ0) is 39.8. The zero-order valence-corrected chi connectivity index (χ0v) is 33.0. The van der Waals surface area contributed by atoms with Gasteiger partial charge in [-0.3, -0.25) is 0 Å². The van der Waals surface area contributed by atoms with Crippen molar-refractivity contribution >= 4 is 97.3 Å². The molecule has 280 valence electrons. The Balaban J connectivity index is 1.02. The second-order valence-electron chi connectivity index (χ2n) is 16.7. The van der Waals surface area contributed by atoms with Crippen molar-refractivity contribution in [3.8, 4) is 44.5 Å². The molecule has 0 radical (unpaired) electrons. The van der Waals surface area contributed by atoms with Crippen molar-refractivity contribution in [3.05, 3.63) is 206 Å². The minimum Gasteiger partial charge on any atom is -0.455 e. The molecule has 0 unspecified atom stereocenters. The van der Waals surface area contributed by atoms with E-state index in [1.165, 1.54) is 109 Å². The first-order chi connectivity index (χ1) is 30.2. The van der Waals surface area contributed by atoms with Gasteiger partial charge in [0, 0.05) is 16.2 Å². The summed E-state index contributed by atoms with van der Waals surface area (Å²) in [5.74, 6) is 0. The number of fused-ring (bicyclic) bond motifs is 5. The van der Waals surface area contributed by atoms with Gasteiger partial charge in [-0.05, 0) is 139 Å². The summed E-state index contributed by atoms with van der Waals surface area (Å²) in [5.41, 5.74) is 11.7. The van der Waals surface area contributed by atoms with E-state index in [1.54, 1.807) is 0 Å². The second kappa shape index (κ2) is 12.3. The Morgan fingerprint density at radius 1 is 0.230 bits per heavy atom. The normalized spacial score (nSPS) is 12.3. The summed E-state index contributed by atoms with van der Waals surface area (Å²) in [6, 6.07) is 76.3. The van der Waals surface area contributed by atoms with Gasteiger partial charge < -0.3 is 4.42 Å². The molecule has 0 bridgehead atoms. The SMILES string of the molecule is c1ccc(-c2ccc3ccc4c(-c5ccc6c(c5)cc(-c5ccc7ccc8c(-c9ccccc9)ccc9ccc5c7c98)c5c7ccccc7oc65)ccc5ccc2c3c54)cc1. The average Bonchev–Trinajstić information content (AvgIpc) is 3.72. The summed E-state index contributed by atoms with van der Waals surface area (Å²) in [6.07, 6.45) is 0. The van der Waals surface area contributed by atoms with Gasteiger partial charge in [-0.2, -0.15) is 0 Å². The van der Waals surface area contributed by atoms with E-state index in [0.717, 1.165) is 32.7 Å². The minimum absolute atomic E-state index is 0.905. The summed E-state index contributed by atoms with van der Waals surface area (Å²) in [5, 5.41) is 20.0. The highest BCUT2D eigenvalue weighted by molar-refractivity contribution is 6.31. The van der Waals surface area contributed by atoms with Crippen molar-refractivity contribution in [1.82, 2.24) is 0 Å². The lowest BCUT2D eigenvalue weighted by Crippen LogP contribution is -1.91. The Morgan fingerprint density at radius 3 is 1.20 bits per heavy atom. The lowest BCUT2D eigenvalue weighted by molar-refractivity contribution is 0.673. The van der Waals surface area contributed by atoms with Gasteiger partial charge in [-0.15, -0.1) is 0 Å². The fourth-order valence-corrected chi connectivity index (χ4v) is 10.8. The number of hydrogen-bond acceptors (Lipinski definition) is 1. The summed E-state index contributed by atoms with van der Waals surface area (Å²) in [4.78, 5) is 0. The molecule has 0 N–H and O–H groups in total. The van der Waals surface area contributed by atoms with Crippen LogP contribution in [0, 0.1) is 0 Å². The molecule has 0 fully saturated rings. The molecule has 1 heteroatoms. The van der Waals surface area contributed by atoms with Gasteiger partial charge in [0.1, 0.15) is 11.2 Å². The van der Waals surface area contributed by atoms with Crippen molar-refractivity contribution in [2.24, 2.45) is 0 Å². The topological polar surface area (TPSA) is 13.1 Å². The van der Waals surface area contributed by atoms with Crippen LogP contribution in [0.25, 0.3) is 142 Å². The zero-order valence-electron chi connectivity index (χ0n) is 33.0. The average molecular weight is 771 g/mol. The highest BCUT2D eigenvalue weighted by atomic mass is 16.3. The molecule has 14 rings (SSSR count). The van der Waals surface area contributed by atoms with Crippen molar-refractivity contribution < 1.29 is 4.42 Å². The largest absolute Gasteiger partial charge is 0.455 e. The molecule has 61 heavy (non-hydrogen) atoms. The Hall–Kier alpha value is -8.00. The van der Waals surface area contributed by atoms with E-state index >= 15 is 0 Å². The molecule has 0 aliphatic heterocycles. The third kappa shape index (κ3) is 4.61. The summed E-state index contributed by atoms with van der Waals surface area (Å²) >= 11 is 0. The fourth-order valence-electron chi connectivity index (χ4n) is 10.8. The molecule has 0 aliphatic rings. The van der Waals surface area contributed by atoms with Crippen LogP contribution in [0.15, 0.2) is 211 Å². The maximum absolute atomic E-state index is 6.86. The standard InChI is InChI=1S/C60H34O/c1-3-9-35(10-4-1)43-24-15-37-21-31-50-45(26-17-39-19-29-48(43)55(37)57(39)50)41-23-27-46-42(33-41)34-53(59-52-13-7-8-14-54(52)61-60(46)59)47-28-18-40-20-30-49-44(36-11-5-2-6-12-36)25-16-38-22-32-51(47)58(40)56(38)49/h1-34H. The van der Waals surface area contributed by atoms with Crippen molar-refractivity contribution in [3.63, 3.8) is 0 Å². The predicted molar refractivity (Wildman–Crippen MR) is 260 cm³/mol. The fraction of sp³-hybridized carbons (Fsp3) is 0. The first kappa shape index (κ1) is 32.9. The van der Waals surface area contributed by atoms with Gasteiger partial charge in [-0.25, -0.2) is 0 Å². The Morgan fingerprint density at radius 2 is 0.656 bits per heavy atom. The number of benzene rings is 13. The molecule has 14 aromatic rings. The van der Waals surface area contributed by atoms with Crippen molar-refractivity contribution in [1.29, 1.82) is 0 Å². The molecule has 0 spiro atoms. The van der Waals surface area contributed by atoms with E-state index in [0.29, 0.717) is 0 Å². The molecule has 0 atom stereocenters. The highest BCUT2D eigenvalue weighted by Crippen LogP contribution is 2.48. The van der Waals surface area contributed by atoms with Crippen LogP contribution >= 0.6 is 0 Å². The van der Waals surface area contributed by atoms with Crippen LogP contribution in [-0.4, -0.2) is 0 Å². The molecule has 0 saturated heterocycles. The van der Waals surface area contributed by atoms with Crippen LogP contribution in [0.1, 0.15) is 0 Å². The van der Waals surface area contributed by atoms with Crippen LogP contribution in [-0.2, 0) is 0 Å². The van der Waals surface area contributed by atoms with Gasteiger partial charge in [0.05, 0.1) is 0 Å². The lowest BCUT2D eigenvalue weighted by Gasteiger charge is -2.18. The van der Waals surface area contributed by atoms with Gasteiger partial charge in [0.2, 0.25) is 0 Å². The molecule has 0 saturated carbocycles. The van der Waals surface area contributed by atoms with Crippen molar-refractivity contribution in [2.45, 2.75) is 0 Å². The van der Waals surface area contributed by atoms with Crippen LogP contribution in [0.4, 0.5) is 0 Å². The van der Waals surface area contributed by atoms with Crippen molar-refractivity contribution in [2.75, 3.05) is 0 Å². The molecule has 1 nitrogen and oxygen atoms in total. The smallest absolute Gasteiger partial charge is 0.143 e. The van der Waals surface area contributed by atoms with E-state index in [-0.39, 0.29) is 0 Å². The second-order valence-corrected chi connectivity index (χ2v) is 16.7. The molecular formula is C60H34O. The van der Waals surface area contributed by atoms with E-state index in [4.69, 9.17) is 4.42 Å². The third-order valence-corrected chi connectivity index (χ3v) is 13.6. The van der Waals surface area contributed by atoms with Gasteiger partial charge in [-0.1, -0.05) is 182 Å². The molecule has 1 aromatic heterocycles. The molecule has 0 aliphatic carbocycles. The molecule has 0 amide bonds. The maximum atomic E-state index is 6.86. The van der Waals surface area contributed by atoms with Gasteiger partial charge in [0.25, 0.3) is 0 Å². The van der Waals surface area contributed by atoms with E-state index in [9.17, 15) is 0 Å². The predicted octanol–water partition coefficient (Wildman–Crippen LogP) is 17.2. The Bertz CT molecular complexity index is 4080. The van der Waals surface area contributed by atoms with E-state index in [2.05, 4.69) is 206 Å². The molecule has 13 aromatic carbocycles. The maximum Gasteiger partial charge on any atom is 0.143 e. The number of rotatable bonds is 4. The number of furan rings is 1. The third-order valence-electron chi connectivity index (χ3n) is 13.6. The lowest BCUT2D eigenvalue weighted by atomic mass is 9.85. The van der Waals surface area contributed by atoms with E-state index < -0.39 is 0 Å². The number of hydrogen-bond donors (Lipinski definition) is 0. The van der Waals surface area contributed by atoms with Crippen LogP contribution in [0.2, 0.25) is 0 Å². The van der Waals surface area contributed by atoms with Gasteiger partial charge >= 0.3 is 0 Å². The Kier molecular flexibility index (Phi) is 6.62. The monoisotopic (exact) mass is 770 g/mol. The first-order valence-electron chi connectivity index (χ1n) is 21.2. The van der Waals surface area contributed by atoms with E-state index in [1.807, 2.05) is 0 Å². The Labute approximate surface area is 351 Å². The quantitative estimate of drug-likeness (QED) is 0.162. The first-order valence-corrected chi connectivity index (χ1v) is 21.2. The minimum atomic E-state index is 0.905. The van der Waals surface area contributed by atoms with Crippen LogP contribution in [0.3, 0.4) is 0 Å². The highest BCUT2D eigenvalue weighted by Gasteiger charge is 2.21. The summed E-state index contributed by atoms with van der Waals surface area (Å²) < 4.78 is 6.86. The molecular weight excluding hydrogens is 737 g/mol. The summed E-state index contributed by atoms with van der Waals surface area (Å²) in [6.45, 7) is 0. The molecule has 1 heterocycles. The summed E-state index contributed by atoms with van der Waals surface area (Å²) in [7, 11) is 0. The van der Waals surface area contributed by atoms with Crippen LogP contribution < -0.4 is 0 Å².